The number of hydrogen-bond acceptors (Lipinski definition) is 5. The molecule has 1 aromatic rings. The molecule has 0 heterocycles. The molecule has 1 rings (SSSR count). The maximum absolute atomic E-state index is 11.3. The quantitative estimate of drug-likeness (QED) is 0.197. The van der Waals surface area contributed by atoms with Crippen molar-refractivity contribution >= 4 is 45.6 Å². The third-order valence-electron chi connectivity index (χ3n) is 3.30. The van der Waals surface area contributed by atoms with E-state index in [-0.39, 0.29) is 29.7 Å². The topological polar surface area (TPSA) is 101 Å². The summed E-state index contributed by atoms with van der Waals surface area (Å²) < 4.78 is 36.0. The van der Waals surface area contributed by atoms with Crippen molar-refractivity contribution in [3.63, 3.8) is 0 Å². The van der Waals surface area contributed by atoms with E-state index in [4.69, 9.17) is 9.47 Å². The molecule has 0 unspecified atom stereocenters. The molecule has 0 saturated carbocycles. The monoisotopic (exact) mass is 500 g/mol. The second-order valence-electron chi connectivity index (χ2n) is 5.07. The highest BCUT2D eigenvalue weighted by Gasteiger charge is 2.07. The average molecular weight is 500 g/mol. The molecule has 0 fully saturated rings. The predicted octanol–water partition coefficient (Wildman–Crippen LogP) is 2.03. The summed E-state index contributed by atoms with van der Waals surface area (Å²) in [6.07, 6.45) is 0.646. The molecule has 0 amide bonds. The van der Waals surface area contributed by atoms with Crippen molar-refractivity contribution in [2.75, 3.05) is 44.9 Å². The first-order valence-electron chi connectivity index (χ1n) is 8.21. The highest BCUT2D eigenvalue weighted by molar-refractivity contribution is 14.0. The molecule has 0 atom stereocenters. The average Bonchev–Trinajstić information content (AvgIpc) is 2.61. The van der Waals surface area contributed by atoms with Crippen LogP contribution in [0.15, 0.2) is 23.2 Å². The van der Waals surface area contributed by atoms with E-state index in [9.17, 15) is 8.42 Å². The standard InChI is InChI=1S/C16H28N4O4S.HI/c1-5-24-15-12-13(8-9-14(15)23-4)20-16(17-3)18-10-7-11-19-25(21,22)6-2;/h8-9,12,19H,5-7,10-11H2,1-4H3,(H2,17,18,20);1H. The predicted molar refractivity (Wildman–Crippen MR) is 117 cm³/mol. The summed E-state index contributed by atoms with van der Waals surface area (Å²) in [6, 6.07) is 5.52. The molecule has 1 aromatic carbocycles. The number of nitrogens with one attached hydrogen (secondary N) is 3. The number of sulfonamides is 1. The number of ether oxygens (including phenoxy) is 2. The van der Waals surface area contributed by atoms with Crippen LogP contribution in [0.2, 0.25) is 0 Å². The summed E-state index contributed by atoms with van der Waals surface area (Å²) in [6.45, 7) is 5.03. The minimum Gasteiger partial charge on any atom is -0.493 e. The van der Waals surface area contributed by atoms with Crippen LogP contribution in [0.1, 0.15) is 20.3 Å². The number of hydrogen-bond donors (Lipinski definition) is 3. The summed E-state index contributed by atoms with van der Waals surface area (Å²) in [4.78, 5) is 4.15. The van der Waals surface area contributed by atoms with Crippen molar-refractivity contribution in [2.24, 2.45) is 4.99 Å². The van der Waals surface area contributed by atoms with Gasteiger partial charge in [0.25, 0.3) is 0 Å². The Hall–Kier alpha value is -1.27. The smallest absolute Gasteiger partial charge is 0.211 e. The van der Waals surface area contributed by atoms with Gasteiger partial charge >= 0.3 is 0 Å². The Labute approximate surface area is 173 Å². The number of rotatable bonds is 10. The van der Waals surface area contributed by atoms with Gasteiger partial charge in [-0.2, -0.15) is 0 Å². The first-order valence-corrected chi connectivity index (χ1v) is 9.86. The summed E-state index contributed by atoms with van der Waals surface area (Å²) in [5, 5.41) is 6.30. The van der Waals surface area contributed by atoms with Crippen LogP contribution in [-0.4, -0.2) is 54.0 Å². The van der Waals surface area contributed by atoms with Gasteiger partial charge in [-0.1, -0.05) is 0 Å². The van der Waals surface area contributed by atoms with E-state index in [1.165, 1.54) is 0 Å². The van der Waals surface area contributed by atoms with Crippen LogP contribution < -0.4 is 24.8 Å². The number of aliphatic imine (C=N–C) groups is 1. The second-order valence-corrected chi connectivity index (χ2v) is 7.17. The van der Waals surface area contributed by atoms with Crippen LogP contribution in [0.5, 0.6) is 11.5 Å². The number of guanidine groups is 1. The number of methoxy groups -OCH3 is 1. The Bertz CT molecular complexity index is 668. The fourth-order valence-corrected chi connectivity index (χ4v) is 2.62. The SMILES string of the molecule is CCOc1cc(NC(=NC)NCCCNS(=O)(=O)CC)ccc1OC.I. The van der Waals surface area contributed by atoms with Crippen LogP contribution in [0, 0.1) is 0 Å². The van der Waals surface area contributed by atoms with Gasteiger partial charge in [0.05, 0.1) is 19.5 Å². The molecule has 0 saturated heterocycles. The molecule has 0 radical (unpaired) electrons. The van der Waals surface area contributed by atoms with Gasteiger partial charge in [-0.15, -0.1) is 24.0 Å². The summed E-state index contributed by atoms with van der Waals surface area (Å²) in [5.41, 5.74) is 0.809. The maximum Gasteiger partial charge on any atom is 0.211 e. The van der Waals surface area contributed by atoms with Gasteiger partial charge in [0.2, 0.25) is 10.0 Å². The lowest BCUT2D eigenvalue weighted by molar-refractivity contribution is 0.311. The molecule has 0 aliphatic heterocycles. The van der Waals surface area contributed by atoms with E-state index in [0.717, 1.165) is 5.69 Å². The highest BCUT2D eigenvalue weighted by Crippen LogP contribution is 2.30. The van der Waals surface area contributed by atoms with E-state index < -0.39 is 10.0 Å². The van der Waals surface area contributed by atoms with Crippen molar-refractivity contribution in [1.29, 1.82) is 0 Å². The van der Waals surface area contributed by atoms with Crippen LogP contribution in [0.4, 0.5) is 5.69 Å². The Morgan fingerprint density at radius 2 is 1.92 bits per heavy atom. The first-order chi connectivity index (χ1) is 12.0. The first kappa shape index (κ1) is 24.7. The van der Waals surface area contributed by atoms with Gasteiger partial charge in [0.15, 0.2) is 17.5 Å². The Morgan fingerprint density at radius 3 is 2.50 bits per heavy atom. The van der Waals surface area contributed by atoms with Crippen LogP contribution >= 0.6 is 24.0 Å². The molecule has 3 N–H and O–H groups in total. The zero-order valence-corrected chi connectivity index (χ0v) is 18.8. The molecule has 0 aliphatic rings. The molecular weight excluding hydrogens is 471 g/mol. The molecule has 26 heavy (non-hydrogen) atoms. The molecule has 0 aromatic heterocycles. The fraction of sp³-hybridized carbons (Fsp3) is 0.562. The number of anilines is 1. The largest absolute Gasteiger partial charge is 0.493 e. The molecular formula is C16H29IN4O4S. The van der Waals surface area contributed by atoms with E-state index in [0.29, 0.717) is 43.6 Å². The molecule has 150 valence electrons. The van der Waals surface area contributed by atoms with Gasteiger partial charge in [0.1, 0.15) is 0 Å². The van der Waals surface area contributed by atoms with Crippen LogP contribution in [0.25, 0.3) is 0 Å². The molecule has 8 nitrogen and oxygen atoms in total. The Morgan fingerprint density at radius 1 is 1.19 bits per heavy atom. The third-order valence-corrected chi connectivity index (χ3v) is 4.70. The fourth-order valence-electron chi connectivity index (χ4n) is 1.96. The van der Waals surface area contributed by atoms with Crippen molar-refractivity contribution in [3.8, 4) is 11.5 Å². The summed E-state index contributed by atoms with van der Waals surface area (Å²) in [5.74, 6) is 1.99. The van der Waals surface area contributed by atoms with Crippen molar-refractivity contribution in [3.05, 3.63) is 18.2 Å². The van der Waals surface area contributed by atoms with E-state index in [1.807, 2.05) is 25.1 Å². The zero-order valence-electron chi connectivity index (χ0n) is 15.7. The van der Waals surface area contributed by atoms with Crippen LogP contribution in [0.3, 0.4) is 0 Å². The van der Waals surface area contributed by atoms with Gasteiger partial charge < -0.3 is 20.1 Å². The zero-order chi connectivity index (χ0) is 18.7. The van der Waals surface area contributed by atoms with Gasteiger partial charge in [0, 0.05) is 31.9 Å². The normalized spacial score (nSPS) is 11.5. The van der Waals surface area contributed by atoms with Gasteiger partial charge in [-0.25, -0.2) is 13.1 Å². The molecule has 0 bridgehead atoms. The van der Waals surface area contributed by atoms with E-state index in [2.05, 4.69) is 20.3 Å². The van der Waals surface area contributed by atoms with Crippen molar-refractivity contribution < 1.29 is 17.9 Å². The lowest BCUT2D eigenvalue weighted by Crippen LogP contribution is -2.34. The van der Waals surface area contributed by atoms with Gasteiger partial charge in [-0.05, 0) is 32.4 Å². The Kier molecular flexibility index (Phi) is 12.3. The van der Waals surface area contributed by atoms with Crippen molar-refractivity contribution in [1.82, 2.24) is 10.0 Å². The third kappa shape index (κ3) is 8.90. The lowest BCUT2D eigenvalue weighted by atomic mass is 10.2. The van der Waals surface area contributed by atoms with Crippen LogP contribution in [-0.2, 0) is 10.0 Å². The molecule has 10 heteroatoms. The van der Waals surface area contributed by atoms with Gasteiger partial charge in [-0.3, -0.25) is 4.99 Å². The molecule has 0 aliphatic carbocycles. The highest BCUT2D eigenvalue weighted by atomic mass is 127. The minimum atomic E-state index is -3.14. The molecule has 0 spiro atoms. The number of halogens is 1. The van der Waals surface area contributed by atoms with E-state index in [1.54, 1.807) is 21.1 Å². The maximum atomic E-state index is 11.3. The summed E-state index contributed by atoms with van der Waals surface area (Å²) in [7, 11) is 0.124. The minimum absolute atomic E-state index is 0. The summed E-state index contributed by atoms with van der Waals surface area (Å²) >= 11 is 0. The number of nitrogens with zero attached hydrogens (tertiary/aromatic N) is 1. The lowest BCUT2D eigenvalue weighted by Gasteiger charge is -2.14. The Balaban J connectivity index is 0.00000625. The number of benzene rings is 1. The van der Waals surface area contributed by atoms with Crippen molar-refractivity contribution in [2.45, 2.75) is 20.3 Å². The second kappa shape index (κ2) is 13.0. The van der Waals surface area contributed by atoms with E-state index >= 15 is 0 Å².